The highest BCUT2D eigenvalue weighted by Crippen LogP contribution is 2.30. The van der Waals surface area contributed by atoms with Crippen LogP contribution in [0.15, 0.2) is 36.7 Å². The van der Waals surface area contributed by atoms with Gasteiger partial charge in [-0.2, -0.15) is 10.2 Å². The van der Waals surface area contributed by atoms with E-state index in [1.165, 1.54) is 0 Å². The van der Waals surface area contributed by atoms with Gasteiger partial charge in [-0.25, -0.2) is 4.98 Å². The number of nitrogens with one attached hydrogen (secondary N) is 1. The van der Waals surface area contributed by atoms with Crippen molar-refractivity contribution >= 4 is 27.6 Å². The molecule has 25 heavy (non-hydrogen) atoms. The average molecular weight is 336 g/mol. The topological polar surface area (TPSA) is 106 Å². The number of aromatic nitrogens is 5. The molecule has 0 saturated heterocycles. The zero-order chi connectivity index (χ0) is 17.4. The molecule has 0 fully saturated rings. The van der Waals surface area contributed by atoms with Crippen LogP contribution in [0, 0.1) is 5.92 Å². The van der Waals surface area contributed by atoms with Gasteiger partial charge < -0.3 is 10.8 Å². The molecule has 1 atom stereocenters. The van der Waals surface area contributed by atoms with Crippen LogP contribution in [0.5, 0.6) is 0 Å². The number of anilines is 1. The van der Waals surface area contributed by atoms with Crippen molar-refractivity contribution < 1.29 is 5.11 Å². The molecule has 1 unspecified atom stereocenters. The number of rotatable bonds is 5. The third-order valence-electron chi connectivity index (χ3n) is 4.61. The summed E-state index contributed by atoms with van der Waals surface area (Å²) in [4.78, 5) is 4.54. The van der Waals surface area contributed by atoms with Crippen molar-refractivity contribution in [2.75, 3.05) is 12.3 Å². The number of H-pyrrole nitrogens is 1. The van der Waals surface area contributed by atoms with Crippen molar-refractivity contribution in [1.29, 1.82) is 0 Å². The Morgan fingerprint density at radius 2 is 2.16 bits per heavy atom. The van der Waals surface area contributed by atoms with Gasteiger partial charge in [-0.05, 0) is 24.6 Å². The van der Waals surface area contributed by atoms with Gasteiger partial charge in [0.15, 0.2) is 0 Å². The molecule has 0 spiro atoms. The maximum atomic E-state index is 9.42. The molecule has 4 aromatic rings. The van der Waals surface area contributed by atoms with Crippen LogP contribution in [-0.4, -0.2) is 36.7 Å². The van der Waals surface area contributed by atoms with E-state index >= 15 is 0 Å². The Labute approximate surface area is 144 Å². The zero-order valence-corrected chi connectivity index (χ0v) is 14.0. The van der Waals surface area contributed by atoms with Crippen LogP contribution in [0.4, 0.5) is 5.82 Å². The Morgan fingerprint density at radius 3 is 2.88 bits per heavy atom. The molecule has 3 aromatic heterocycles. The highest BCUT2D eigenvalue weighted by molar-refractivity contribution is 6.08. The molecular weight excluding hydrogens is 316 g/mol. The van der Waals surface area contributed by atoms with E-state index in [0.29, 0.717) is 12.4 Å². The fraction of sp³-hybridized carbons (Fsp3) is 0.278. The number of benzene rings is 1. The highest BCUT2D eigenvalue weighted by atomic mass is 16.3. The molecule has 0 aliphatic carbocycles. The first-order chi connectivity index (χ1) is 12.2. The van der Waals surface area contributed by atoms with Crippen LogP contribution < -0.4 is 5.73 Å². The molecule has 0 saturated carbocycles. The van der Waals surface area contributed by atoms with Gasteiger partial charge >= 0.3 is 0 Å². The Bertz CT molecular complexity index is 1020. The minimum absolute atomic E-state index is 0.147. The Kier molecular flexibility index (Phi) is 3.85. The molecule has 0 amide bonds. The van der Waals surface area contributed by atoms with Crippen molar-refractivity contribution in [2.24, 2.45) is 5.92 Å². The van der Waals surface area contributed by atoms with E-state index in [4.69, 9.17) is 10.8 Å². The maximum Gasteiger partial charge on any atom is 0.135 e. The summed E-state index contributed by atoms with van der Waals surface area (Å²) < 4.78 is 1.86. The molecule has 4 rings (SSSR count). The van der Waals surface area contributed by atoms with Gasteiger partial charge in [0.2, 0.25) is 0 Å². The summed E-state index contributed by atoms with van der Waals surface area (Å²) in [5.74, 6) is 0.644. The molecule has 7 heteroatoms. The van der Waals surface area contributed by atoms with E-state index < -0.39 is 0 Å². The zero-order valence-electron chi connectivity index (χ0n) is 14.0. The van der Waals surface area contributed by atoms with Crippen LogP contribution in [-0.2, 0) is 6.54 Å². The third kappa shape index (κ3) is 2.72. The molecule has 0 radical (unpaired) electrons. The lowest BCUT2D eigenvalue weighted by Gasteiger charge is -2.10. The fourth-order valence-electron chi connectivity index (χ4n) is 3.08. The first-order valence-corrected chi connectivity index (χ1v) is 8.37. The second-order valence-corrected chi connectivity index (χ2v) is 6.26. The average Bonchev–Trinajstić information content (AvgIpc) is 3.29. The number of nitrogens with two attached hydrogens (primary N) is 1. The van der Waals surface area contributed by atoms with Crippen molar-refractivity contribution in [3.63, 3.8) is 0 Å². The summed E-state index contributed by atoms with van der Waals surface area (Å²) in [6, 6.07) is 7.91. The standard InChI is InChI=1S/C18H20N6O/c1-2-11(10-25)8-24-9-14-17(23-24)13-4-3-12(15-5-6-20-22-15)7-16(13)21-18(14)19/h3-7,9,11,25H,2,8,10H2,1H3,(H2,19,21)(H,20,22). The maximum absolute atomic E-state index is 9.42. The fourth-order valence-corrected chi connectivity index (χ4v) is 3.08. The van der Waals surface area contributed by atoms with Crippen molar-refractivity contribution in [2.45, 2.75) is 19.9 Å². The number of nitrogens with zero attached hydrogens (tertiary/aromatic N) is 4. The van der Waals surface area contributed by atoms with E-state index in [9.17, 15) is 5.11 Å². The number of nitrogen functional groups attached to an aromatic ring is 1. The molecule has 0 aliphatic rings. The molecule has 0 aliphatic heterocycles. The molecule has 7 nitrogen and oxygen atoms in total. The summed E-state index contributed by atoms with van der Waals surface area (Å²) in [5, 5.41) is 22.9. The highest BCUT2D eigenvalue weighted by Gasteiger charge is 2.14. The first-order valence-electron chi connectivity index (χ1n) is 8.37. The first kappa shape index (κ1) is 15.6. The number of hydrogen-bond donors (Lipinski definition) is 3. The van der Waals surface area contributed by atoms with E-state index in [-0.39, 0.29) is 12.5 Å². The second-order valence-electron chi connectivity index (χ2n) is 6.26. The molecular formula is C18H20N6O. The minimum Gasteiger partial charge on any atom is -0.396 e. The number of aromatic amines is 1. The number of fused-ring (bicyclic) bond motifs is 3. The number of aliphatic hydroxyl groups excluding tert-OH is 1. The van der Waals surface area contributed by atoms with Gasteiger partial charge in [0.1, 0.15) is 11.3 Å². The van der Waals surface area contributed by atoms with Gasteiger partial charge in [0.25, 0.3) is 0 Å². The largest absolute Gasteiger partial charge is 0.396 e. The van der Waals surface area contributed by atoms with E-state index in [2.05, 4.69) is 22.1 Å². The van der Waals surface area contributed by atoms with Crippen molar-refractivity contribution in [3.8, 4) is 11.3 Å². The van der Waals surface area contributed by atoms with Gasteiger partial charge in [-0.3, -0.25) is 9.78 Å². The predicted octanol–water partition coefficient (Wildman–Crippen LogP) is 2.58. The number of aliphatic hydroxyl groups is 1. The Hall–Kier alpha value is -2.93. The minimum atomic E-state index is 0.147. The Morgan fingerprint density at radius 1 is 1.28 bits per heavy atom. The summed E-state index contributed by atoms with van der Waals surface area (Å²) in [5.41, 5.74) is 9.64. The van der Waals surface area contributed by atoms with Gasteiger partial charge in [0, 0.05) is 42.4 Å². The molecule has 128 valence electrons. The molecule has 0 bridgehead atoms. The van der Waals surface area contributed by atoms with Crippen LogP contribution in [0.2, 0.25) is 0 Å². The van der Waals surface area contributed by atoms with Crippen molar-refractivity contribution in [3.05, 3.63) is 36.7 Å². The van der Waals surface area contributed by atoms with Crippen LogP contribution in [0.1, 0.15) is 13.3 Å². The van der Waals surface area contributed by atoms with Crippen LogP contribution in [0.3, 0.4) is 0 Å². The SMILES string of the molecule is CCC(CO)Cn1cc2c(N)nc3cc(-c4cc[nH]n4)ccc3c2n1. The lowest BCUT2D eigenvalue weighted by Crippen LogP contribution is -2.13. The van der Waals surface area contributed by atoms with E-state index in [1.54, 1.807) is 6.20 Å². The van der Waals surface area contributed by atoms with Crippen LogP contribution in [0.25, 0.3) is 33.1 Å². The van der Waals surface area contributed by atoms with Gasteiger partial charge in [0.05, 0.1) is 16.6 Å². The number of hydrogen-bond acceptors (Lipinski definition) is 5. The summed E-state index contributed by atoms with van der Waals surface area (Å²) in [7, 11) is 0. The quantitative estimate of drug-likeness (QED) is 0.519. The third-order valence-corrected chi connectivity index (χ3v) is 4.61. The molecule has 3 heterocycles. The van der Waals surface area contributed by atoms with Gasteiger partial charge in [-0.15, -0.1) is 0 Å². The normalized spacial score (nSPS) is 12.9. The lowest BCUT2D eigenvalue weighted by atomic mass is 10.1. The predicted molar refractivity (Wildman–Crippen MR) is 97.9 cm³/mol. The monoisotopic (exact) mass is 336 g/mol. The molecule has 4 N–H and O–H groups in total. The van der Waals surface area contributed by atoms with E-state index in [1.807, 2.05) is 35.1 Å². The summed E-state index contributed by atoms with van der Waals surface area (Å²) in [6.45, 7) is 2.87. The lowest BCUT2D eigenvalue weighted by molar-refractivity contribution is 0.203. The summed E-state index contributed by atoms with van der Waals surface area (Å²) >= 11 is 0. The van der Waals surface area contributed by atoms with Crippen molar-refractivity contribution in [1.82, 2.24) is 25.0 Å². The van der Waals surface area contributed by atoms with Crippen LogP contribution >= 0.6 is 0 Å². The molecule has 1 aromatic carbocycles. The summed E-state index contributed by atoms with van der Waals surface area (Å²) in [6.07, 6.45) is 4.60. The second kappa shape index (κ2) is 6.18. The van der Waals surface area contributed by atoms with E-state index in [0.717, 1.165) is 39.5 Å². The van der Waals surface area contributed by atoms with Gasteiger partial charge in [-0.1, -0.05) is 13.0 Å². The smallest absolute Gasteiger partial charge is 0.135 e. The Balaban J connectivity index is 1.84. The number of pyridine rings is 1.